The molecule has 2 aromatic carbocycles. The molecule has 0 radical (unpaired) electrons. The van der Waals surface area contributed by atoms with E-state index in [1.807, 2.05) is 0 Å². The number of aryl methyl sites for hydroxylation is 1. The standard InChI is InChI=1S/C27H26FN4O4/c1-18-16-20(6-9-24(18)29-4)32-25(33)27(2,3)31(26(32)34)12-5-15-36-21-7-8-22(23(28)17-21)19-10-13-30(35)14-11-19/h6-11,13-14,16-17,35H,5,12,15H2,1-3H3/q+1. The molecule has 4 rings (SSSR count). The van der Waals surface area contributed by atoms with E-state index < -0.39 is 17.4 Å². The topological polar surface area (TPSA) is 78.3 Å². The summed E-state index contributed by atoms with van der Waals surface area (Å²) in [5, 5.41) is 9.33. The van der Waals surface area contributed by atoms with Crippen molar-refractivity contribution < 1.29 is 28.7 Å². The van der Waals surface area contributed by atoms with Gasteiger partial charge in [0, 0.05) is 35.0 Å². The van der Waals surface area contributed by atoms with Crippen LogP contribution in [-0.4, -0.2) is 40.7 Å². The van der Waals surface area contributed by atoms with Crippen molar-refractivity contribution in [3.63, 3.8) is 0 Å². The first kappa shape index (κ1) is 24.7. The van der Waals surface area contributed by atoms with E-state index in [4.69, 9.17) is 11.3 Å². The minimum absolute atomic E-state index is 0.224. The minimum Gasteiger partial charge on any atom is -0.493 e. The van der Waals surface area contributed by atoms with E-state index in [0.29, 0.717) is 40.2 Å². The average molecular weight is 490 g/mol. The van der Waals surface area contributed by atoms with Crippen LogP contribution in [0.3, 0.4) is 0 Å². The Labute approximate surface area is 208 Å². The first-order valence-corrected chi connectivity index (χ1v) is 11.4. The number of halogens is 1. The summed E-state index contributed by atoms with van der Waals surface area (Å²) in [7, 11) is 0. The van der Waals surface area contributed by atoms with Crippen molar-refractivity contribution in [3.8, 4) is 16.9 Å². The summed E-state index contributed by atoms with van der Waals surface area (Å²) in [6, 6.07) is 12.2. The molecule has 0 atom stereocenters. The number of imide groups is 1. The lowest BCUT2D eigenvalue weighted by Gasteiger charge is -2.27. The number of rotatable bonds is 7. The van der Waals surface area contributed by atoms with Gasteiger partial charge in [-0.1, -0.05) is 6.07 Å². The number of ether oxygens (including phenoxy) is 1. The van der Waals surface area contributed by atoms with Crippen LogP contribution >= 0.6 is 0 Å². The summed E-state index contributed by atoms with van der Waals surface area (Å²) in [5.41, 5.74) is 1.55. The number of aromatic nitrogens is 1. The molecule has 0 spiro atoms. The number of carbonyl (C=O) groups is 2. The Kier molecular flexibility index (Phi) is 6.62. The molecule has 3 amide bonds. The highest BCUT2D eigenvalue weighted by atomic mass is 19.1. The number of carbonyl (C=O) groups excluding carboxylic acids is 2. The molecule has 0 bridgehead atoms. The molecule has 3 aromatic rings. The first-order chi connectivity index (χ1) is 17.1. The highest BCUT2D eigenvalue weighted by molar-refractivity contribution is 6.23. The molecule has 1 aromatic heterocycles. The minimum atomic E-state index is -1.04. The van der Waals surface area contributed by atoms with Gasteiger partial charge in [0.05, 0.1) is 18.9 Å². The van der Waals surface area contributed by atoms with Crippen molar-refractivity contribution in [1.82, 2.24) is 4.90 Å². The van der Waals surface area contributed by atoms with E-state index in [0.717, 1.165) is 9.63 Å². The van der Waals surface area contributed by atoms with E-state index in [9.17, 15) is 19.2 Å². The number of benzene rings is 2. The molecule has 0 unspecified atom stereocenters. The highest BCUT2D eigenvalue weighted by Crippen LogP contribution is 2.34. The number of hydrogen-bond donors (Lipinski definition) is 1. The zero-order chi connectivity index (χ0) is 26.0. The SMILES string of the molecule is [C-]#[N+]c1ccc(N2C(=O)N(CCCOc3ccc(-c4cc[n+](O)cc4)c(F)c3)C(C)(C)C2=O)cc1C. The van der Waals surface area contributed by atoms with Crippen LogP contribution in [0, 0.1) is 19.3 Å². The Bertz CT molecular complexity index is 1370. The van der Waals surface area contributed by atoms with Gasteiger partial charge in [-0.2, -0.15) is 0 Å². The second-order valence-electron chi connectivity index (χ2n) is 9.03. The largest absolute Gasteiger partial charge is 0.493 e. The van der Waals surface area contributed by atoms with E-state index in [-0.39, 0.29) is 19.1 Å². The van der Waals surface area contributed by atoms with Gasteiger partial charge >= 0.3 is 6.03 Å². The molecule has 1 fully saturated rings. The second-order valence-corrected chi connectivity index (χ2v) is 9.03. The fraction of sp³-hybridized carbons (Fsp3) is 0.259. The number of pyridine rings is 1. The Balaban J connectivity index is 1.39. The average Bonchev–Trinajstić information content (AvgIpc) is 3.01. The molecular formula is C27H26FN4O4+. The predicted molar refractivity (Wildman–Crippen MR) is 130 cm³/mol. The highest BCUT2D eigenvalue weighted by Gasteiger charge is 2.51. The summed E-state index contributed by atoms with van der Waals surface area (Å²) in [6.07, 6.45) is 3.26. The third-order valence-corrected chi connectivity index (χ3v) is 6.24. The number of hydrogen-bond acceptors (Lipinski definition) is 4. The maximum absolute atomic E-state index is 14.6. The van der Waals surface area contributed by atoms with E-state index >= 15 is 0 Å². The zero-order valence-electron chi connectivity index (χ0n) is 20.2. The summed E-state index contributed by atoms with van der Waals surface area (Å²) < 4.78 is 21.2. The van der Waals surface area contributed by atoms with E-state index in [2.05, 4.69) is 4.85 Å². The van der Waals surface area contributed by atoms with Crippen LogP contribution < -0.4 is 14.4 Å². The lowest BCUT2D eigenvalue weighted by Crippen LogP contribution is -2.44. The number of anilines is 1. The lowest BCUT2D eigenvalue weighted by atomic mass is 10.0. The third-order valence-electron chi connectivity index (χ3n) is 6.24. The van der Waals surface area contributed by atoms with Gasteiger partial charge < -0.3 is 9.64 Å². The summed E-state index contributed by atoms with van der Waals surface area (Å²) in [4.78, 5) is 32.3. The van der Waals surface area contributed by atoms with Crippen LogP contribution in [0.1, 0.15) is 25.8 Å². The quantitative estimate of drug-likeness (QED) is 0.169. The van der Waals surface area contributed by atoms with Gasteiger partial charge in [0.25, 0.3) is 5.91 Å². The van der Waals surface area contributed by atoms with Crippen molar-refractivity contribution in [2.75, 3.05) is 18.1 Å². The first-order valence-electron chi connectivity index (χ1n) is 11.4. The fourth-order valence-corrected chi connectivity index (χ4v) is 4.17. The van der Waals surface area contributed by atoms with Gasteiger partial charge in [0.1, 0.15) is 17.1 Å². The molecule has 9 heteroatoms. The maximum atomic E-state index is 14.6. The van der Waals surface area contributed by atoms with E-state index in [1.165, 1.54) is 23.4 Å². The van der Waals surface area contributed by atoms with Crippen LogP contribution in [0.2, 0.25) is 0 Å². The van der Waals surface area contributed by atoms with Crippen molar-refractivity contribution >= 4 is 23.3 Å². The third kappa shape index (κ3) is 4.58. The van der Waals surface area contributed by atoms with Crippen molar-refractivity contribution in [2.24, 2.45) is 0 Å². The number of nitrogens with zero attached hydrogens (tertiary/aromatic N) is 4. The summed E-state index contributed by atoms with van der Waals surface area (Å²) in [5.74, 6) is -0.446. The van der Waals surface area contributed by atoms with Crippen LogP contribution in [0.15, 0.2) is 60.9 Å². The van der Waals surface area contributed by atoms with Crippen molar-refractivity contribution in [2.45, 2.75) is 32.7 Å². The summed E-state index contributed by atoms with van der Waals surface area (Å²) >= 11 is 0. The molecule has 1 N–H and O–H groups in total. The number of amides is 3. The Morgan fingerprint density at radius 1 is 1.11 bits per heavy atom. The Hall–Kier alpha value is -4.45. The Morgan fingerprint density at radius 3 is 2.47 bits per heavy atom. The van der Waals surface area contributed by atoms with Gasteiger partial charge in [-0.25, -0.2) is 18.9 Å². The van der Waals surface area contributed by atoms with Gasteiger partial charge in [-0.05, 0) is 62.6 Å². The predicted octanol–water partition coefficient (Wildman–Crippen LogP) is 4.89. The van der Waals surface area contributed by atoms with Gasteiger partial charge in [0.2, 0.25) is 12.4 Å². The molecule has 8 nitrogen and oxygen atoms in total. The Morgan fingerprint density at radius 2 is 1.83 bits per heavy atom. The molecule has 0 saturated carbocycles. The second kappa shape index (κ2) is 9.66. The van der Waals surface area contributed by atoms with E-state index in [1.54, 1.807) is 63.2 Å². The van der Waals surface area contributed by atoms with Crippen molar-refractivity contribution in [3.05, 3.63) is 83.7 Å². The van der Waals surface area contributed by atoms with Crippen molar-refractivity contribution in [1.29, 1.82) is 0 Å². The van der Waals surface area contributed by atoms with Crippen LogP contribution in [0.4, 0.5) is 20.6 Å². The van der Waals surface area contributed by atoms with Gasteiger partial charge in [-0.3, -0.25) is 10.0 Å². The molecule has 1 aliphatic heterocycles. The zero-order valence-corrected chi connectivity index (χ0v) is 20.2. The molecule has 2 heterocycles. The van der Waals surface area contributed by atoms with Crippen LogP contribution in [0.5, 0.6) is 5.75 Å². The van der Waals surface area contributed by atoms with Crippen LogP contribution in [0.25, 0.3) is 16.0 Å². The smallest absolute Gasteiger partial charge is 0.332 e. The maximum Gasteiger partial charge on any atom is 0.332 e. The molecule has 1 aliphatic rings. The monoisotopic (exact) mass is 489 g/mol. The molecule has 0 aliphatic carbocycles. The van der Waals surface area contributed by atoms with Gasteiger partial charge in [0.15, 0.2) is 5.69 Å². The lowest BCUT2D eigenvalue weighted by molar-refractivity contribution is -0.904. The molecule has 36 heavy (non-hydrogen) atoms. The molecular weight excluding hydrogens is 463 g/mol. The molecule has 184 valence electrons. The van der Waals surface area contributed by atoms with Crippen LogP contribution in [-0.2, 0) is 4.79 Å². The normalized spacial score (nSPS) is 14.8. The number of urea groups is 1. The summed E-state index contributed by atoms with van der Waals surface area (Å²) in [6.45, 7) is 12.9. The van der Waals surface area contributed by atoms with Gasteiger partial charge in [-0.15, -0.1) is 0 Å². The fourth-order valence-electron chi connectivity index (χ4n) is 4.17. The molecule has 1 saturated heterocycles.